The van der Waals surface area contributed by atoms with Crippen LogP contribution in [0.4, 0.5) is 0 Å². The molecule has 8 heteroatoms. The maximum Gasteiger partial charge on any atom is 0.229 e. The molecular formula is C19H21N3O4S. The lowest BCUT2D eigenvalue weighted by Crippen LogP contribution is -2.26. The van der Waals surface area contributed by atoms with Crippen molar-refractivity contribution in [2.45, 2.75) is 25.8 Å². The van der Waals surface area contributed by atoms with Crippen molar-refractivity contribution in [2.75, 3.05) is 6.26 Å². The van der Waals surface area contributed by atoms with Crippen molar-refractivity contribution in [1.82, 2.24) is 15.0 Å². The summed E-state index contributed by atoms with van der Waals surface area (Å²) >= 11 is 0. The van der Waals surface area contributed by atoms with Gasteiger partial charge in [0, 0.05) is 5.70 Å². The Kier molecular flexibility index (Phi) is 5.75. The number of benzene rings is 1. The molecule has 0 aromatic carbocycles. The monoisotopic (exact) mass is 387 g/mol. The predicted octanol–water partition coefficient (Wildman–Crippen LogP) is 2.50. The number of aromatic nitrogens is 1. The molecule has 0 atom stereocenters. The number of amides is 1. The largest absolute Gasteiger partial charge is 0.447 e. The van der Waals surface area contributed by atoms with Gasteiger partial charge in [-0.2, -0.15) is 0 Å². The fourth-order valence-corrected chi connectivity index (χ4v) is 3.31. The second kappa shape index (κ2) is 8.22. The highest BCUT2D eigenvalue weighted by atomic mass is 32.2. The van der Waals surface area contributed by atoms with Crippen molar-refractivity contribution < 1.29 is 17.6 Å². The highest BCUT2D eigenvalue weighted by molar-refractivity contribution is 7.88. The van der Waals surface area contributed by atoms with E-state index < -0.39 is 10.0 Å². The van der Waals surface area contributed by atoms with Crippen molar-refractivity contribution in [3.63, 3.8) is 0 Å². The van der Waals surface area contributed by atoms with Crippen LogP contribution in [0.15, 0.2) is 64.7 Å². The van der Waals surface area contributed by atoms with Crippen molar-refractivity contribution >= 4 is 15.9 Å². The van der Waals surface area contributed by atoms with Crippen LogP contribution in [0, 0.1) is 0 Å². The van der Waals surface area contributed by atoms with Crippen molar-refractivity contribution in [3.05, 3.63) is 66.0 Å². The van der Waals surface area contributed by atoms with Crippen molar-refractivity contribution in [2.24, 2.45) is 0 Å². The van der Waals surface area contributed by atoms with Crippen LogP contribution in [0.5, 0.6) is 0 Å². The minimum atomic E-state index is -3.34. The van der Waals surface area contributed by atoms with Gasteiger partial charge in [-0.15, -0.1) is 0 Å². The van der Waals surface area contributed by atoms with E-state index in [9.17, 15) is 13.2 Å². The van der Waals surface area contributed by atoms with Crippen LogP contribution in [0.3, 0.4) is 0 Å². The van der Waals surface area contributed by atoms with Crippen molar-refractivity contribution in [3.8, 4) is 11.1 Å². The van der Waals surface area contributed by atoms with Gasteiger partial charge in [0.2, 0.25) is 15.9 Å². The number of hydrogen-bond donors (Lipinski definition) is 2. The standard InChI is InChI=1S/C13H17N3O4S.C6H4/c1-21(18,19)16-12-5-3-2-4-10(12)6-13(17)15-8-11-7-14-9-20-11;1-2-6-4-3-5(1)6/h2,4,7,9,16H,3,5-6,8H2,1H3,(H,15,17);1-4H. The maximum absolute atomic E-state index is 11.9. The number of fused-ring (bicyclic) bond motifs is 1. The summed E-state index contributed by atoms with van der Waals surface area (Å²) < 4.78 is 30.1. The fraction of sp³-hybridized carbons (Fsp3) is 0.263. The Balaban J connectivity index is 0.000000290. The van der Waals surface area contributed by atoms with E-state index in [4.69, 9.17) is 4.42 Å². The van der Waals surface area contributed by atoms with Crippen LogP contribution in [-0.4, -0.2) is 25.6 Å². The SMILES string of the molecule is CS(=O)(=O)NC1=C(CC(=O)NCc2cnco2)C=CCC1.c1cc2ccc1-2. The summed E-state index contributed by atoms with van der Waals surface area (Å²) in [5, 5.41) is 2.70. The molecule has 1 heterocycles. The van der Waals surface area contributed by atoms with Gasteiger partial charge >= 0.3 is 0 Å². The van der Waals surface area contributed by atoms with Gasteiger partial charge in [0.25, 0.3) is 0 Å². The molecule has 0 fully saturated rings. The van der Waals surface area contributed by atoms with Gasteiger partial charge in [0.15, 0.2) is 6.39 Å². The number of carbonyl (C=O) groups excluding carboxylic acids is 1. The average Bonchev–Trinajstić information content (AvgIpc) is 3.11. The van der Waals surface area contributed by atoms with Gasteiger partial charge in [-0.3, -0.25) is 9.52 Å². The molecule has 0 saturated heterocycles. The molecule has 0 aliphatic heterocycles. The van der Waals surface area contributed by atoms with Gasteiger partial charge in [-0.05, 0) is 29.5 Å². The van der Waals surface area contributed by atoms with E-state index in [2.05, 4.69) is 39.3 Å². The van der Waals surface area contributed by atoms with Gasteiger partial charge in [0.05, 0.1) is 25.4 Å². The van der Waals surface area contributed by atoms with Crippen LogP contribution in [0.2, 0.25) is 0 Å². The summed E-state index contributed by atoms with van der Waals surface area (Å²) in [5.41, 5.74) is 4.11. The molecule has 2 N–H and O–H groups in total. The number of nitrogens with one attached hydrogen (secondary N) is 2. The molecule has 0 radical (unpaired) electrons. The molecule has 3 aliphatic rings. The number of carbonyl (C=O) groups is 1. The number of oxazole rings is 1. The normalized spacial score (nSPS) is 14.3. The number of nitrogens with zero attached hydrogens (tertiary/aromatic N) is 1. The van der Waals surface area contributed by atoms with Gasteiger partial charge in [0.1, 0.15) is 5.76 Å². The second-order valence-electron chi connectivity index (χ2n) is 6.32. The third-order valence-corrected chi connectivity index (χ3v) is 4.71. The highest BCUT2D eigenvalue weighted by Crippen LogP contribution is 2.29. The van der Waals surface area contributed by atoms with E-state index in [1.165, 1.54) is 23.7 Å². The first-order valence-corrected chi connectivity index (χ1v) is 10.4. The zero-order chi connectivity index (χ0) is 19.3. The van der Waals surface area contributed by atoms with Gasteiger partial charge in [-0.25, -0.2) is 13.4 Å². The summed E-state index contributed by atoms with van der Waals surface area (Å²) in [4.78, 5) is 15.7. The Labute approximate surface area is 158 Å². The first kappa shape index (κ1) is 18.9. The smallest absolute Gasteiger partial charge is 0.229 e. The zero-order valence-corrected chi connectivity index (χ0v) is 15.8. The molecule has 0 bridgehead atoms. The molecule has 1 aromatic heterocycles. The summed E-state index contributed by atoms with van der Waals surface area (Å²) in [6.07, 6.45) is 9.06. The molecule has 1 aromatic rings. The second-order valence-corrected chi connectivity index (χ2v) is 8.07. The molecule has 0 unspecified atom stereocenters. The first-order valence-electron chi connectivity index (χ1n) is 8.51. The third-order valence-electron chi connectivity index (χ3n) is 4.09. The highest BCUT2D eigenvalue weighted by Gasteiger charge is 2.15. The van der Waals surface area contributed by atoms with Gasteiger partial charge < -0.3 is 9.73 Å². The summed E-state index contributed by atoms with van der Waals surface area (Å²) in [6.45, 7) is 0.255. The minimum Gasteiger partial charge on any atom is -0.447 e. The average molecular weight is 387 g/mol. The number of allylic oxidation sites excluding steroid dienone is 3. The van der Waals surface area contributed by atoms with Crippen LogP contribution in [0.25, 0.3) is 11.1 Å². The van der Waals surface area contributed by atoms with E-state index in [1.54, 1.807) is 6.08 Å². The third kappa shape index (κ3) is 5.55. The zero-order valence-electron chi connectivity index (χ0n) is 14.9. The molecule has 0 spiro atoms. The summed E-state index contributed by atoms with van der Waals surface area (Å²) in [5.74, 6) is 0.353. The van der Waals surface area contributed by atoms with Crippen molar-refractivity contribution in [1.29, 1.82) is 0 Å². The lowest BCUT2D eigenvalue weighted by molar-refractivity contribution is -0.120. The molecule has 142 valence electrons. The van der Waals surface area contributed by atoms with Crippen LogP contribution in [0.1, 0.15) is 25.0 Å². The predicted molar refractivity (Wildman–Crippen MR) is 102 cm³/mol. The lowest BCUT2D eigenvalue weighted by Gasteiger charge is -2.16. The number of hydrogen-bond acceptors (Lipinski definition) is 5. The van der Waals surface area contributed by atoms with E-state index in [0.29, 0.717) is 23.5 Å². The van der Waals surface area contributed by atoms with E-state index in [-0.39, 0.29) is 18.9 Å². The Morgan fingerprint density at radius 2 is 1.93 bits per heavy atom. The van der Waals surface area contributed by atoms with E-state index >= 15 is 0 Å². The van der Waals surface area contributed by atoms with Crippen LogP contribution in [-0.2, 0) is 21.4 Å². The fourth-order valence-electron chi connectivity index (χ4n) is 2.63. The number of rotatable bonds is 6. The molecule has 0 saturated carbocycles. The van der Waals surface area contributed by atoms with Gasteiger partial charge in [-0.1, -0.05) is 36.4 Å². The summed E-state index contributed by atoms with van der Waals surface area (Å²) in [7, 11) is -3.34. The Morgan fingerprint density at radius 3 is 2.44 bits per heavy atom. The number of sulfonamides is 1. The molecule has 7 nitrogen and oxygen atoms in total. The lowest BCUT2D eigenvalue weighted by atomic mass is 9.95. The summed E-state index contributed by atoms with van der Waals surface area (Å²) in [6, 6.07) is 8.48. The first-order chi connectivity index (χ1) is 12.9. The Bertz CT molecular complexity index is 938. The molecular weight excluding hydrogens is 366 g/mol. The van der Waals surface area contributed by atoms with E-state index in [1.807, 2.05) is 6.08 Å². The maximum atomic E-state index is 11.9. The molecule has 3 aliphatic carbocycles. The minimum absolute atomic E-state index is 0.114. The quantitative estimate of drug-likeness (QED) is 0.677. The Hall–Kier alpha value is -2.87. The topological polar surface area (TPSA) is 101 Å². The van der Waals surface area contributed by atoms with Crippen LogP contribution >= 0.6 is 0 Å². The molecule has 1 amide bonds. The molecule has 27 heavy (non-hydrogen) atoms. The Morgan fingerprint density at radius 1 is 1.22 bits per heavy atom. The van der Waals surface area contributed by atoms with E-state index in [0.717, 1.165) is 12.7 Å². The van der Waals surface area contributed by atoms with Crippen LogP contribution < -0.4 is 10.0 Å². The molecule has 4 rings (SSSR count).